The molecule has 0 amide bonds. The van der Waals surface area contributed by atoms with Crippen LogP contribution >= 0.6 is 0 Å². The van der Waals surface area contributed by atoms with E-state index in [0.29, 0.717) is 21.6 Å². The molecular formula is C32H13N7. The van der Waals surface area contributed by atoms with Crippen LogP contribution < -0.4 is 20.9 Å². The molecule has 0 N–H and O–H groups in total. The molecule has 1 saturated carbocycles. The summed E-state index contributed by atoms with van der Waals surface area (Å²) in [6.45, 7) is 0. The average molecular weight is 496 g/mol. The maximum Gasteiger partial charge on any atom is 0.136 e. The van der Waals surface area contributed by atoms with Crippen molar-refractivity contribution in [1.82, 2.24) is 0 Å². The summed E-state index contributed by atoms with van der Waals surface area (Å²) in [4.78, 5) is 0. The summed E-state index contributed by atoms with van der Waals surface area (Å²) in [5.74, 6) is -0.396. The Bertz CT molecular complexity index is 1920. The smallest absolute Gasteiger partial charge is 0.136 e. The Labute approximate surface area is 223 Å². The number of nitrogens with zero attached hydrogens (tertiary/aromatic N) is 7. The highest BCUT2D eigenvalue weighted by atomic mass is 14.4. The molecule has 39 heavy (non-hydrogen) atoms. The number of hydrogen-bond acceptors (Lipinski definition) is 7. The van der Waals surface area contributed by atoms with Gasteiger partial charge in [0.2, 0.25) is 0 Å². The third kappa shape index (κ3) is 4.74. The summed E-state index contributed by atoms with van der Waals surface area (Å²) in [7, 11) is 0. The molecule has 0 bridgehead atoms. The van der Waals surface area contributed by atoms with Gasteiger partial charge < -0.3 is 0 Å². The van der Waals surface area contributed by atoms with E-state index in [0.717, 1.165) is 27.2 Å². The molecule has 2 aliphatic rings. The van der Waals surface area contributed by atoms with Crippen molar-refractivity contribution in [2.75, 3.05) is 0 Å². The number of nitriles is 7. The van der Waals surface area contributed by atoms with Crippen LogP contribution in [0.15, 0.2) is 95.1 Å². The van der Waals surface area contributed by atoms with Gasteiger partial charge in [0.15, 0.2) is 0 Å². The van der Waals surface area contributed by atoms with Crippen LogP contribution in [0.25, 0.3) is 22.3 Å². The van der Waals surface area contributed by atoms with E-state index in [4.69, 9.17) is 10.5 Å². The first-order valence-electron chi connectivity index (χ1n) is 11.4. The van der Waals surface area contributed by atoms with Crippen LogP contribution in [0.4, 0.5) is 0 Å². The highest BCUT2D eigenvalue weighted by Gasteiger charge is 2.36. The van der Waals surface area contributed by atoms with E-state index in [2.05, 4.69) is 6.07 Å². The lowest BCUT2D eigenvalue weighted by Gasteiger charge is -2.10. The monoisotopic (exact) mass is 495 g/mol. The topological polar surface area (TPSA) is 167 Å². The quantitative estimate of drug-likeness (QED) is 0.545. The molecule has 1 fully saturated rings. The molecule has 0 heterocycles. The summed E-state index contributed by atoms with van der Waals surface area (Å²) in [6, 6.07) is 27.4. The predicted molar refractivity (Wildman–Crippen MR) is 140 cm³/mol. The van der Waals surface area contributed by atoms with Gasteiger partial charge in [-0.25, -0.2) is 0 Å². The highest BCUT2D eigenvalue weighted by molar-refractivity contribution is 6.29. The van der Waals surface area contributed by atoms with Crippen molar-refractivity contribution in [2.24, 2.45) is 5.92 Å². The number of rotatable bonds is 1. The van der Waals surface area contributed by atoms with Gasteiger partial charge in [-0.2, -0.15) is 36.8 Å². The lowest BCUT2D eigenvalue weighted by molar-refractivity contribution is 0.993. The molecule has 176 valence electrons. The largest absolute Gasteiger partial charge is 0.193 e. The van der Waals surface area contributed by atoms with E-state index in [1.807, 2.05) is 36.4 Å². The molecule has 2 aromatic carbocycles. The third-order valence-electron chi connectivity index (χ3n) is 6.26. The Balaban J connectivity index is 2.00. The molecule has 0 aromatic heterocycles. The van der Waals surface area contributed by atoms with E-state index >= 15 is 0 Å². The van der Waals surface area contributed by atoms with E-state index < -0.39 is 5.92 Å². The number of benzene rings is 2. The zero-order chi connectivity index (χ0) is 27.9. The first kappa shape index (κ1) is 25.4. The van der Waals surface area contributed by atoms with Gasteiger partial charge in [0.05, 0.1) is 6.07 Å². The van der Waals surface area contributed by atoms with Gasteiger partial charge in [-0.05, 0) is 21.6 Å². The maximum absolute atomic E-state index is 10.2. The van der Waals surface area contributed by atoms with Gasteiger partial charge in [-0.15, -0.1) is 0 Å². The third-order valence-corrected chi connectivity index (χ3v) is 6.26. The zero-order valence-electron chi connectivity index (χ0n) is 20.1. The summed E-state index contributed by atoms with van der Waals surface area (Å²) in [5, 5.41) is 67.7. The van der Waals surface area contributed by atoms with Gasteiger partial charge in [0.25, 0.3) is 0 Å². The van der Waals surface area contributed by atoms with Gasteiger partial charge in [0.1, 0.15) is 53.1 Å². The van der Waals surface area contributed by atoms with E-state index in [-0.39, 0.29) is 16.7 Å². The van der Waals surface area contributed by atoms with Crippen LogP contribution in [0.5, 0.6) is 0 Å². The normalized spacial score (nSPS) is 14.3. The van der Waals surface area contributed by atoms with E-state index in [1.165, 1.54) is 0 Å². The lowest BCUT2D eigenvalue weighted by atomic mass is 9.91. The van der Waals surface area contributed by atoms with Gasteiger partial charge >= 0.3 is 0 Å². The van der Waals surface area contributed by atoms with Crippen LogP contribution in [0.3, 0.4) is 0 Å². The van der Waals surface area contributed by atoms with Crippen LogP contribution in [0, 0.1) is 85.2 Å². The fourth-order valence-electron chi connectivity index (χ4n) is 4.29. The standard InChI is InChI=1S/C32H13N7/c33-13-26(14-34)20-1-7-23(8-2-20)29(19-39)32-30(24-9-3-21(4-10-24)27(15-35)16-36)31(32)25-11-5-22(6-12-25)28(17-37)18-38/h1-12,23H. The molecule has 7 nitrogen and oxygen atoms in total. The second-order valence-corrected chi connectivity index (χ2v) is 8.30. The van der Waals surface area contributed by atoms with E-state index in [9.17, 15) is 26.3 Å². The number of hydrogen-bond donors (Lipinski definition) is 0. The van der Waals surface area contributed by atoms with Crippen molar-refractivity contribution in [3.05, 3.63) is 116 Å². The Morgan fingerprint density at radius 3 is 1.21 bits per heavy atom. The van der Waals surface area contributed by atoms with E-state index in [1.54, 1.807) is 72.8 Å². The van der Waals surface area contributed by atoms with Crippen molar-refractivity contribution in [2.45, 2.75) is 0 Å². The molecule has 7 heteroatoms. The van der Waals surface area contributed by atoms with Crippen molar-refractivity contribution >= 4 is 22.3 Å². The summed E-state index contributed by atoms with van der Waals surface area (Å²) in [5.41, 5.74) is 3.29. The first-order valence-corrected chi connectivity index (χ1v) is 11.4. The Morgan fingerprint density at radius 2 is 0.872 bits per heavy atom. The van der Waals surface area contributed by atoms with Gasteiger partial charge in [-0.1, -0.05) is 72.8 Å². The molecule has 0 atom stereocenters. The molecule has 2 aromatic rings. The number of allylic oxidation sites excluding steroid dienone is 8. The molecular weight excluding hydrogens is 482 g/mol. The minimum absolute atomic E-state index is 0.00638. The van der Waals surface area contributed by atoms with Crippen LogP contribution in [-0.2, 0) is 0 Å². The SMILES string of the molecule is N#CC(C#N)=C1C=CC(C(C#N)=C2C(=c3ccc(=C(C#N)C#N)cc3)C2=c2ccc(=C(C#N)C#N)cc2)C=C1. The predicted octanol–water partition coefficient (Wildman–Crippen LogP) is 2.00. The summed E-state index contributed by atoms with van der Waals surface area (Å²) < 4.78 is 0. The average Bonchev–Trinajstić information content (AvgIpc) is 3.72. The summed E-state index contributed by atoms with van der Waals surface area (Å²) >= 11 is 0. The Morgan fingerprint density at radius 1 is 0.487 bits per heavy atom. The van der Waals surface area contributed by atoms with Crippen molar-refractivity contribution < 1.29 is 0 Å². The fraction of sp³-hybridized carbons (Fsp3) is 0.0312. The fourth-order valence-corrected chi connectivity index (χ4v) is 4.29. The van der Waals surface area contributed by atoms with Crippen LogP contribution in [0.2, 0.25) is 0 Å². The molecule has 0 aliphatic heterocycles. The lowest BCUT2D eigenvalue weighted by Crippen LogP contribution is -2.11. The van der Waals surface area contributed by atoms with Crippen molar-refractivity contribution in [3.63, 3.8) is 0 Å². The maximum atomic E-state index is 10.2. The van der Waals surface area contributed by atoms with Crippen LogP contribution in [-0.4, -0.2) is 0 Å². The molecule has 0 radical (unpaired) electrons. The minimum Gasteiger partial charge on any atom is -0.193 e. The van der Waals surface area contributed by atoms with Crippen molar-refractivity contribution in [3.8, 4) is 42.5 Å². The Hall–Kier alpha value is -6.69. The molecule has 0 spiro atoms. The zero-order valence-corrected chi connectivity index (χ0v) is 20.1. The highest BCUT2D eigenvalue weighted by Crippen LogP contribution is 2.50. The molecule has 4 rings (SSSR count). The molecule has 0 saturated heterocycles. The molecule has 0 unspecified atom stereocenters. The van der Waals surface area contributed by atoms with Gasteiger partial charge in [0, 0.05) is 33.1 Å². The second-order valence-electron chi connectivity index (χ2n) is 8.30. The second kappa shape index (κ2) is 10.9. The Kier molecular flexibility index (Phi) is 7.12. The van der Waals surface area contributed by atoms with Crippen LogP contribution in [0.1, 0.15) is 0 Å². The molecule has 2 aliphatic carbocycles. The van der Waals surface area contributed by atoms with Gasteiger partial charge in [-0.3, -0.25) is 0 Å². The van der Waals surface area contributed by atoms with Crippen molar-refractivity contribution in [1.29, 1.82) is 36.8 Å². The summed E-state index contributed by atoms with van der Waals surface area (Å²) in [6.07, 6.45) is 6.82. The first-order chi connectivity index (χ1) is 19.0. The minimum atomic E-state index is -0.396.